The molecule has 1 aromatic heterocycles. The largest absolute Gasteiger partial charge is 0.465 e. The third kappa shape index (κ3) is 6.02. The van der Waals surface area contributed by atoms with Gasteiger partial charge in [0.1, 0.15) is 5.00 Å². The first-order chi connectivity index (χ1) is 16.0. The molecule has 178 valence electrons. The molecule has 1 N–H and O–H groups in total. The van der Waals surface area contributed by atoms with Gasteiger partial charge in [-0.25, -0.2) is 4.79 Å². The van der Waals surface area contributed by atoms with Gasteiger partial charge in [-0.2, -0.15) is 0 Å². The summed E-state index contributed by atoms with van der Waals surface area (Å²) in [4.78, 5) is 31.3. The summed E-state index contributed by atoms with van der Waals surface area (Å²) in [5, 5.41) is 3.72. The molecule has 33 heavy (non-hydrogen) atoms. The second-order valence-corrected chi connectivity index (χ2v) is 10.2. The number of anilines is 1. The van der Waals surface area contributed by atoms with Crippen molar-refractivity contribution in [2.24, 2.45) is 0 Å². The van der Waals surface area contributed by atoms with Crippen molar-refractivity contribution in [3.05, 3.63) is 51.4 Å². The van der Waals surface area contributed by atoms with Gasteiger partial charge in [0.15, 0.2) is 0 Å². The van der Waals surface area contributed by atoms with E-state index in [1.165, 1.54) is 36.0 Å². The number of aryl methyl sites for hydroxylation is 2. The number of fused-ring (bicyclic) bond motifs is 1. The van der Waals surface area contributed by atoms with Crippen molar-refractivity contribution in [1.82, 2.24) is 9.80 Å². The molecule has 1 aromatic carbocycles. The lowest BCUT2D eigenvalue weighted by molar-refractivity contribution is -0.117. The lowest BCUT2D eigenvalue weighted by Crippen LogP contribution is -2.48. The zero-order valence-electron chi connectivity index (χ0n) is 19.8. The number of nitrogens with zero attached hydrogens (tertiary/aromatic N) is 2. The summed E-state index contributed by atoms with van der Waals surface area (Å²) in [5.41, 5.74) is 4.36. The average Bonchev–Trinajstić information content (AvgIpc) is 3.11. The number of ether oxygens (including phenoxy) is 1. The normalized spacial score (nSPS) is 17.6. The third-order valence-electron chi connectivity index (χ3n) is 6.80. The standard InChI is InChI=1S/C26H35N3O3S/c1-19-9-7-8-10-20(19)17-28-13-15-29(16-14-28)18-23(30)27-25-24(26(31)32-2)21-11-5-3-4-6-12-22(21)33-25/h7-10H,3-6,11-18H2,1-2H3,(H,27,30). The van der Waals surface area contributed by atoms with E-state index in [1.54, 1.807) is 11.3 Å². The molecule has 0 saturated carbocycles. The van der Waals surface area contributed by atoms with Gasteiger partial charge in [-0.3, -0.25) is 14.6 Å². The van der Waals surface area contributed by atoms with E-state index in [1.807, 2.05) is 0 Å². The first-order valence-electron chi connectivity index (χ1n) is 12.1. The first kappa shape index (κ1) is 23.9. The zero-order chi connectivity index (χ0) is 23.2. The van der Waals surface area contributed by atoms with Crippen molar-refractivity contribution < 1.29 is 14.3 Å². The molecule has 6 nitrogen and oxygen atoms in total. The predicted octanol–water partition coefficient (Wildman–Crippen LogP) is 4.26. The molecule has 0 unspecified atom stereocenters. The summed E-state index contributed by atoms with van der Waals surface area (Å²) in [6.45, 7) is 7.08. The number of methoxy groups -OCH3 is 1. The van der Waals surface area contributed by atoms with Crippen molar-refractivity contribution >= 4 is 28.2 Å². The maximum absolute atomic E-state index is 12.9. The fourth-order valence-electron chi connectivity index (χ4n) is 4.83. The highest BCUT2D eigenvalue weighted by Crippen LogP contribution is 2.37. The summed E-state index contributed by atoms with van der Waals surface area (Å²) in [6.07, 6.45) is 6.48. The molecule has 1 amide bonds. The third-order valence-corrected chi connectivity index (χ3v) is 8.01. The van der Waals surface area contributed by atoms with Crippen LogP contribution in [0.5, 0.6) is 0 Å². The topological polar surface area (TPSA) is 61.9 Å². The molecule has 1 aliphatic heterocycles. The van der Waals surface area contributed by atoms with Crippen LogP contribution in [0.15, 0.2) is 24.3 Å². The van der Waals surface area contributed by atoms with Gasteiger partial charge in [0, 0.05) is 37.6 Å². The van der Waals surface area contributed by atoms with Crippen LogP contribution in [0.4, 0.5) is 5.00 Å². The van der Waals surface area contributed by atoms with Crippen LogP contribution in [0.25, 0.3) is 0 Å². The molecule has 0 spiro atoms. The van der Waals surface area contributed by atoms with Crippen molar-refractivity contribution in [3.8, 4) is 0 Å². The Morgan fingerprint density at radius 1 is 1.00 bits per heavy atom. The molecule has 0 bridgehead atoms. The number of esters is 1. The number of rotatable bonds is 6. The van der Waals surface area contributed by atoms with Crippen molar-refractivity contribution in [3.63, 3.8) is 0 Å². The summed E-state index contributed by atoms with van der Waals surface area (Å²) >= 11 is 1.56. The molecule has 7 heteroatoms. The Labute approximate surface area is 200 Å². The smallest absolute Gasteiger partial charge is 0.341 e. The van der Waals surface area contributed by atoms with Gasteiger partial charge >= 0.3 is 5.97 Å². The summed E-state index contributed by atoms with van der Waals surface area (Å²) in [7, 11) is 1.41. The minimum absolute atomic E-state index is 0.0540. The maximum atomic E-state index is 12.9. The molecule has 2 heterocycles. The number of hydrogen-bond donors (Lipinski definition) is 1. The van der Waals surface area contributed by atoms with E-state index >= 15 is 0 Å². The van der Waals surface area contributed by atoms with Gasteiger partial charge in [0.05, 0.1) is 19.2 Å². The van der Waals surface area contributed by atoms with E-state index in [2.05, 4.69) is 46.3 Å². The van der Waals surface area contributed by atoms with E-state index in [0.717, 1.165) is 64.0 Å². The highest BCUT2D eigenvalue weighted by atomic mass is 32.1. The van der Waals surface area contributed by atoms with Crippen LogP contribution in [0, 0.1) is 6.92 Å². The van der Waals surface area contributed by atoms with Gasteiger partial charge in [0.25, 0.3) is 0 Å². The van der Waals surface area contributed by atoms with Gasteiger partial charge in [-0.05, 0) is 49.3 Å². The number of thiophene rings is 1. The molecule has 4 rings (SSSR count). The summed E-state index contributed by atoms with van der Waals surface area (Å²) in [6, 6.07) is 8.52. The number of nitrogens with one attached hydrogen (secondary N) is 1. The molecule has 1 aliphatic carbocycles. The van der Waals surface area contributed by atoms with E-state index in [0.29, 0.717) is 17.1 Å². The zero-order valence-corrected chi connectivity index (χ0v) is 20.6. The predicted molar refractivity (Wildman–Crippen MR) is 133 cm³/mol. The second kappa shape index (κ2) is 11.3. The SMILES string of the molecule is COC(=O)c1c(NC(=O)CN2CCN(Cc3ccccc3C)CC2)sc2c1CCCCCC2. The number of benzene rings is 1. The molecule has 0 atom stereocenters. The maximum Gasteiger partial charge on any atom is 0.341 e. The molecular weight excluding hydrogens is 434 g/mol. The average molecular weight is 470 g/mol. The van der Waals surface area contributed by atoms with Crippen LogP contribution in [-0.2, 0) is 28.9 Å². The van der Waals surface area contributed by atoms with E-state index in [4.69, 9.17) is 4.74 Å². The Bertz CT molecular complexity index is 979. The summed E-state index contributed by atoms with van der Waals surface area (Å²) < 4.78 is 5.07. The lowest BCUT2D eigenvalue weighted by atomic mass is 9.96. The van der Waals surface area contributed by atoms with Crippen LogP contribution in [0.3, 0.4) is 0 Å². The van der Waals surface area contributed by atoms with Gasteiger partial charge in [-0.15, -0.1) is 11.3 Å². The highest BCUT2D eigenvalue weighted by Gasteiger charge is 2.27. The number of carbonyl (C=O) groups excluding carboxylic acids is 2. The van der Waals surface area contributed by atoms with Gasteiger partial charge in [0.2, 0.25) is 5.91 Å². The Morgan fingerprint density at radius 3 is 2.42 bits per heavy atom. The molecule has 2 aliphatic rings. The summed E-state index contributed by atoms with van der Waals surface area (Å²) in [5.74, 6) is -0.394. The monoisotopic (exact) mass is 469 g/mol. The number of hydrogen-bond acceptors (Lipinski definition) is 6. The van der Waals surface area contributed by atoms with Crippen LogP contribution < -0.4 is 5.32 Å². The Kier molecular flexibility index (Phi) is 8.17. The molecular formula is C26H35N3O3S. The van der Waals surface area contributed by atoms with E-state index < -0.39 is 0 Å². The second-order valence-electron chi connectivity index (χ2n) is 9.14. The molecule has 1 fully saturated rings. The number of carbonyl (C=O) groups is 2. The Hall–Kier alpha value is -2.22. The highest BCUT2D eigenvalue weighted by molar-refractivity contribution is 7.17. The number of amides is 1. The minimum atomic E-state index is -0.340. The minimum Gasteiger partial charge on any atom is -0.465 e. The van der Waals surface area contributed by atoms with Gasteiger partial charge in [-0.1, -0.05) is 37.1 Å². The van der Waals surface area contributed by atoms with Crippen molar-refractivity contribution in [1.29, 1.82) is 0 Å². The number of piperazine rings is 1. The Morgan fingerprint density at radius 2 is 1.70 bits per heavy atom. The quantitative estimate of drug-likeness (QED) is 0.641. The first-order valence-corrected chi connectivity index (χ1v) is 12.9. The van der Waals surface area contributed by atoms with E-state index in [9.17, 15) is 9.59 Å². The van der Waals surface area contributed by atoms with Gasteiger partial charge < -0.3 is 10.1 Å². The molecule has 1 saturated heterocycles. The van der Waals surface area contributed by atoms with Crippen molar-refractivity contribution in [2.75, 3.05) is 45.2 Å². The van der Waals surface area contributed by atoms with Crippen LogP contribution in [0.2, 0.25) is 0 Å². The fraction of sp³-hybridized carbons (Fsp3) is 0.538. The van der Waals surface area contributed by atoms with E-state index in [-0.39, 0.29) is 11.9 Å². The fourth-order valence-corrected chi connectivity index (χ4v) is 6.12. The van der Waals surface area contributed by atoms with Crippen LogP contribution in [-0.4, -0.2) is 61.5 Å². The Balaban J connectivity index is 1.35. The van der Waals surface area contributed by atoms with Crippen LogP contribution >= 0.6 is 11.3 Å². The molecule has 2 aromatic rings. The van der Waals surface area contributed by atoms with Crippen molar-refractivity contribution in [2.45, 2.75) is 52.0 Å². The lowest BCUT2D eigenvalue weighted by Gasteiger charge is -2.34. The van der Waals surface area contributed by atoms with Crippen LogP contribution in [0.1, 0.15) is 57.6 Å². The molecule has 0 radical (unpaired) electrons.